The molecule has 3 heterocycles. The summed E-state index contributed by atoms with van der Waals surface area (Å²) in [4.78, 5) is 10.6. The molecule has 0 aliphatic carbocycles. The van der Waals surface area contributed by atoms with Gasteiger partial charge >= 0.3 is 0 Å². The van der Waals surface area contributed by atoms with E-state index in [4.69, 9.17) is 0 Å². The van der Waals surface area contributed by atoms with Gasteiger partial charge in [0, 0.05) is 38.7 Å². The van der Waals surface area contributed by atoms with Gasteiger partial charge in [-0.15, -0.1) is 10.2 Å². The minimum atomic E-state index is 0.821. The fourth-order valence-corrected chi connectivity index (χ4v) is 2.99. The van der Waals surface area contributed by atoms with E-state index in [0.717, 1.165) is 49.9 Å². The minimum Gasteiger partial charge on any atom is -0.354 e. The number of anilines is 1. The van der Waals surface area contributed by atoms with Crippen LogP contribution in [0.15, 0.2) is 48.9 Å². The van der Waals surface area contributed by atoms with Gasteiger partial charge in [0.25, 0.3) is 0 Å². The Bertz CT molecular complexity index is 768. The van der Waals surface area contributed by atoms with Crippen molar-refractivity contribution in [1.29, 1.82) is 0 Å². The number of nitrogens with zero attached hydrogens (tertiary/aromatic N) is 6. The fraction of sp³-hybridized carbons (Fsp3) is 0.294. The largest absolute Gasteiger partial charge is 0.354 e. The number of hydrogen-bond acceptors (Lipinski definition) is 5. The average molecular weight is 306 g/mol. The number of fused-ring (bicyclic) bond motifs is 1. The van der Waals surface area contributed by atoms with Gasteiger partial charge in [0.1, 0.15) is 23.8 Å². The molecule has 3 aromatic rings. The van der Waals surface area contributed by atoms with E-state index in [1.807, 2.05) is 12.1 Å². The lowest BCUT2D eigenvalue weighted by Crippen LogP contribution is -2.27. The normalized spacial score (nSPS) is 14.3. The van der Waals surface area contributed by atoms with Crippen LogP contribution in [-0.4, -0.2) is 37.8 Å². The Morgan fingerprint density at radius 1 is 0.957 bits per heavy atom. The highest BCUT2D eigenvalue weighted by Gasteiger charge is 2.19. The summed E-state index contributed by atoms with van der Waals surface area (Å²) in [6.45, 7) is 2.69. The Morgan fingerprint density at radius 3 is 2.70 bits per heavy atom. The first-order valence-electron chi connectivity index (χ1n) is 7.86. The van der Waals surface area contributed by atoms with Gasteiger partial charge in [-0.3, -0.25) is 0 Å². The number of rotatable bonds is 3. The van der Waals surface area contributed by atoms with Crippen LogP contribution in [-0.2, 0) is 19.4 Å². The van der Waals surface area contributed by atoms with E-state index >= 15 is 0 Å². The Balaban J connectivity index is 1.53. The summed E-state index contributed by atoms with van der Waals surface area (Å²) < 4.78 is 2.26. The molecule has 1 aromatic carbocycles. The van der Waals surface area contributed by atoms with Gasteiger partial charge in [-0.25, -0.2) is 9.97 Å². The lowest BCUT2D eigenvalue weighted by Gasteiger charge is -2.20. The summed E-state index contributed by atoms with van der Waals surface area (Å²) in [7, 11) is 0. The number of benzene rings is 1. The molecule has 0 radical (unpaired) electrons. The van der Waals surface area contributed by atoms with E-state index in [-0.39, 0.29) is 0 Å². The van der Waals surface area contributed by atoms with Crippen LogP contribution in [0.25, 0.3) is 0 Å². The average Bonchev–Trinajstić information content (AvgIpc) is 2.86. The SMILES string of the molecule is c1ccc(Cc2nnc3n2CCN(c2ccncn2)CC3)cc1. The van der Waals surface area contributed by atoms with Crippen molar-refractivity contribution in [2.45, 2.75) is 19.4 Å². The Hall–Kier alpha value is -2.76. The molecule has 0 saturated carbocycles. The molecule has 2 aromatic heterocycles. The maximum absolute atomic E-state index is 4.40. The molecule has 116 valence electrons. The van der Waals surface area contributed by atoms with Crippen molar-refractivity contribution in [3.8, 4) is 0 Å². The second-order valence-electron chi connectivity index (χ2n) is 5.65. The van der Waals surface area contributed by atoms with E-state index < -0.39 is 0 Å². The van der Waals surface area contributed by atoms with Crippen molar-refractivity contribution in [1.82, 2.24) is 24.7 Å². The molecule has 0 bridgehead atoms. The van der Waals surface area contributed by atoms with E-state index in [9.17, 15) is 0 Å². The quantitative estimate of drug-likeness (QED) is 0.737. The van der Waals surface area contributed by atoms with Gasteiger partial charge in [-0.05, 0) is 11.6 Å². The van der Waals surface area contributed by atoms with E-state index in [1.54, 1.807) is 12.5 Å². The summed E-state index contributed by atoms with van der Waals surface area (Å²) in [5.41, 5.74) is 1.26. The lowest BCUT2D eigenvalue weighted by atomic mass is 10.1. The predicted molar refractivity (Wildman–Crippen MR) is 87.2 cm³/mol. The molecule has 0 unspecified atom stereocenters. The van der Waals surface area contributed by atoms with Gasteiger partial charge in [0.05, 0.1) is 0 Å². The van der Waals surface area contributed by atoms with Gasteiger partial charge in [0.15, 0.2) is 0 Å². The first-order chi connectivity index (χ1) is 11.4. The summed E-state index contributed by atoms with van der Waals surface area (Å²) in [5.74, 6) is 3.08. The lowest BCUT2D eigenvalue weighted by molar-refractivity contribution is 0.654. The van der Waals surface area contributed by atoms with Crippen LogP contribution < -0.4 is 4.90 Å². The smallest absolute Gasteiger partial charge is 0.137 e. The van der Waals surface area contributed by atoms with E-state index in [1.165, 1.54) is 5.56 Å². The predicted octanol–water partition coefficient (Wildman–Crippen LogP) is 1.72. The van der Waals surface area contributed by atoms with Crippen LogP contribution in [0.3, 0.4) is 0 Å². The van der Waals surface area contributed by atoms with Gasteiger partial charge < -0.3 is 9.47 Å². The molecular weight excluding hydrogens is 288 g/mol. The zero-order chi connectivity index (χ0) is 15.5. The molecule has 0 fully saturated rings. The maximum atomic E-state index is 4.40. The highest BCUT2D eigenvalue weighted by molar-refractivity contribution is 5.37. The van der Waals surface area contributed by atoms with Crippen molar-refractivity contribution in [2.24, 2.45) is 0 Å². The van der Waals surface area contributed by atoms with Crippen molar-refractivity contribution in [3.63, 3.8) is 0 Å². The molecule has 0 N–H and O–H groups in total. The maximum Gasteiger partial charge on any atom is 0.137 e. The fourth-order valence-electron chi connectivity index (χ4n) is 2.99. The molecule has 0 saturated heterocycles. The monoisotopic (exact) mass is 306 g/mol. The molecular formula is C17H18N6. The Morgan fingerprint density at radius 2 is 1.87 bits per heavy atom. The van der Waals surface area contributed by atoms with Crippen molar-refractivity contribution < 1.29 is 0 Å². The molecule has 23 heavy (non-hydrogen) atoms. The molecule has 6 nitrogen and oxygen atoms in total. The summed E-state index contributed by atoms with van der Waals surface area (Å²) in [5, 5.41) is 8.80. The van der Waals surface area contributed by atoms with Gasteiger partial charge in [-0.1, -0.05) is 30.3 Å². The number of hydrogen-bond donors (Lipinski definition) is 0. The van der Waals surface area contributed by atoms with E-state index in [2.05, 4.69) is 53.9 Å². The zero-order valence-corrected chi connectivity index (χ0v) is 12.8. The zero-order valence-electron chi connectivity index (χ0n) is 12.8. The molecule has 0 atom stereocenters. The van der Waals surface area contributed by atoms with Crippen LogP contribution in [0.4, 0.5) is 5.82 Å². The number of aromatic nitrogens is 5. The third-order valence-corrected chi connectivity index (χ3v) is 4.20. The topological polar surface area (TPSA) is 59.7 Å². The van der Waals surface area contributed by atoms with Crippen molar-refractivity contribution in [2.75, 3.05) is 18.0 Å². The summed E-state index contributed by atoms with van der Waals surface area (Å²) >= 11 is 0. The molecule has 1 aliphatic heterocycles. The third-order valence-electron chi connectivity index (χ3n) is 4.20. The highest BCUT2D eigenvalue weighted by Crippen LogP contribution is 2.16. The molecule has 6 heteroatoms. The molecule has 1 aliphatic rings. The first kappa shape index (κ1) is 13.9. The summed E-state index contributed by atoms with van der Waals surface area (Å²) in [6, 6.07) is 12.4. The molecule has 0 amide bonds. The van der Waals surface area contributed by atoms with Gasteiger partial charge in [-0.2, -0.15) is 0 Å². The molecule has 0 spiro atoms. The van der Waals surface area contributed by atoms with Crippen LogP contribution in [0.2, 0.25) is 0 Å². The van der Waals surface area contributed by atoms with Crippen molar-refractivity contribution >= 4 is 5.82 Å². The minimum absolute atomic E-state index is 0.821. The highest BCUT2D eigenvalue weighted by atomic mass is 15.3. The standard InChI is InChI=1S/C17H18N6/c1-2-4-14(5-3-1)12-17-21-20-16-7-9-22(10-11-23(16)17)15-6-8-18-13-19-15/h1-6,8,13H,7,9-12H2. The van der Waals surface area contributed by atoms with Crippen LogP contribution >= 0.6 is 0 Å². The van der Waals surface area contributed by atoms with Crippen molar-refractivity contribution in [3.05, 3.63) is 66.1 Å². The Kier molecular flexibility index (Phi) is 3.71. The first-order valence-corrected chi connectivity index (χ1v) is 7.86. The van der Waals surface area contributed by atoms with Crippen LogP contribution in [0.1, 0.15) is 17.2 Å². The van der Waals surface area contributed by atoms with E-state index in [0.29, 0.717) is 0 Å². The van der Waals surface area contributed by atoms with Crippen LogP contribution in [0, 0.1) is 0 Å². The Labute approximate surface area is 134 Å². The third kappa shape index (κ3) is 2.92. The van der Waals surface area contributed by atoms with Crippen LogP contribution in [0.5, 0.6) is 0 Å². The second kappa shape index (κ2) is 6.16. The molecule has 4 rings (SSSR count). The summed E-state index contributed by atoms with van der Waals surface area (Å²) in [6.07, 6.45) is 5.09. The van der Waals surface area contributed by atoms with Gasteiger partial charge in [0.2, 0.25) is 0 Å². The second-order valence-corrected chi connectivity index (χ2v) is 5.65.